The summed E-state index contributed by atoms with van der Waals surface area (Å²) in [5.74, 6) is 0. The largest absolute Gasteiger partial charge is 0.369 e. The minimum absolute atomic E-state index is 0.335. The van der Waals surface area contributed by atoms with Crippen molar-refractivity contribution >= 4 is 6.03 Å². The SMILES string of the molecule is O=C(n1cccn1)n1nc(-c2ccccc2)c(-c2ccccc2)c1-c1ccccc1. The molecule has 0 atom stereocenters. The Morgan fingerprint density at radius 3 is 1.80 bits per heavy atom. The molecule has 5 rings (SSSR count). The molecule has 0 spiro atoms. The molecule has 5 nitrogen and oxygen atoms in total. The van der Waals surface area contributed by atoms with Crippen LogP contribution in [0.1, 0.15) is 0 Å². The molecule has 0 saturated heterocycles. The number of aromatic nitrogens is 4. The molecule has 0 aliphatic heterocycles. The number of carbonyl (C=O) groups excluding carboxylic acids is 1. The molecule has 0 unspecified atom stereocenters. The summed E-state index contributed by atoms with van der Waals surface area (Å²) in [5.41, 5.74) is 5.25. The molecule has 5 aromatic rings. The van der Waals surface area contributed by atoms with E-state index in [0.29, 0.717) is 0 Å². The Hall–Kier alpha value is -4.25. The van der Waals surface area contributed by atoms with Gasteiger partial charge >= 0.3 is 6.03 Å². The van der Waals surface area contributed by atoms with E-state index in [2.05, 4.69) is 5.10 Å². The van der Waals surface area contributed by atoms with Crippen LogP contribution < -0.4 is 0 Å². The van der Waals surface area contributed by atoms with Gasteiger partial charge in [-0.3, -0.25) is 0 Å². The lowest BCUT2D eigenvalue weighted by molar-refractivity contribution is 0.238. The first kappa shape index (κ1) is 17.8. The van der Waals surface area contributed by atoms with Gasteiger partial charge in [0.05, 0.1) is 5.69 Å². The Balaban J connectivity index is 1.86. The zero-order valence-corrected chi connectivity index (χ0v) is 16.1. The third-order valence-corrected chi connectivity index (χ3v) is 4.92. The van der Waals surface area contributed by atoms with Gasteiger partial charge in [0.2, 0.25) is 0 Å². The highest BCUT2D eigenvalue weighted by Crippen LogP contribution is 2.39. The van der Waals surface area contributed by atoms with Gasteiger partial charge in [-0.25, -0.2) is 4.79 Å². The summed E-state index contributed by atoms with van der Waals surface area (Å²) < 4.78 is 2.75. The fraction of sp³-hybridized carbons (Fsp3) is 0. The van der Waals surface area contributed by atoms with E-state index >= 15 is 0 Å². The van der Waals surface area contributed by atoms with Gasteiger partial charge in [0.1, 0.15) is 5.69 Å². The zero-order valence-electron chi connectivity index (χ0n) is 16.1. The predicted octanol–water partition coefficient (Wildman–Crippen LogP) is 5.60. The van der Waals surface area contributed by atoms with Gasteiger partial charge in [0.25, 0.3) is 0 Å². The fourth-order valence-corrected chi connectivity index (χ4v) is 3.57. The number of carbonyl (C=O) groups is 1. The number of nitrogens with zero attached hydrogens (tertiary/aromatic N) is 4. The Bertz CT molecular complexity index is 1280. The lowest BCUT2D eigenvalue weighted by Gasteiger charge is -2.10. The molecule has 0 fully saturated rings. The van der Waals surface area contributed by atoms with Crippen LogP contribution in [-0.4, -0.2) is 25.6 Å². The molecule has 0 saturated carbocycles. The zero-order chi connectivity index (χ0) is 20.3. The van der Waals surface area contributed by atoms with Crippen LogP contribution in [0.4, 0.5) is 4.79 Å². The molecule has 5 heteroatoms. The van der Waals surface area contributed by atoms with E-state index in [0.717, 1.165) is 33.6 Å². The molecule has 0 aliphatic rings. The van der Waals surface area contributed by atoms with Gasteiger partial charge in [-0.15, -0.1) is 0 Å². The normalized spacial score (nSPS) is 10.8. The first-order valence-corrected chi connectivity index (χ1v) is 9.66. The summed E-state index contributed by atoms with van der Waals surface area (Å²) >= 11 is 0. The highest BCUT2D eigenvalue weighted by molar-refractivity contribution is 5.96. The molecule has 2 aromatic heterocycles. The van der Waals surface area contributed by atoms with E-state index < -0.39 is 0 Å². The van der Waals surface area contributed by atoms with Gasteiger partial charge in [-0.1, -0.05) is 91.0 Å². The lowest BCUT2D eigenvalue weighted by Crippen LogP contribution is -2.22. The van der Waals surface area contributed by atoms with Crippen molar-refractivity contribution in [3.05, 3.63) is 109 Å². The van der Waals surface area contributed by atoms with Gasteiger partial charge in [0.15, 0.2) is 0 Å². The second kappa shape index (κ2) is 7.64. The van der Waals surface area contributed by atoms with Crippen molar-refractivity contribution < 1.29 is 4.79 Å². The summed E-state index contributed by atoms with van der Waals surface area (Å²) in [6.07, 6.45) is 3.21. The summed E-state index contributed by atoms with van der Waals surface area (Å²) in [6, 6.07) is 31.2. The quantitative estimate of drug-likeness (QED) is 0.403. The van der Waals surface area contributed by atoms with Gasteiger partial charge in [-0.2, -0.15) is 19.6 Å². The third kappa shape index (κ3) is 3.12. The third-order valence-electron chi connectivity index (χ3n) is 4.92. The fourth-order valence-electron chi connectivity index (χ4n) is 3.57. The number of hydrogen-bond acceptors (Lipinski definition) is 3. The Morgan fingerprint density at radius 1 is 0.667 bits per heavy atom. The van der Waals surface area contributed by atoms with Crippen molar-refractivity contribution in [1.82, 2.24) is 19.6 Å². The van der Waals surface area contributed by atoms with Crippen LogP contribution in [0.5, 0.6) is 0 Å². The average Bonchev–Trinajstić information content (AvgIpc) is 3.49. The smallest absolute Gasteiger partial charge is 0.244 e. The summed E-state index contributed by atoms with van der Waals surface area (Å²) in [5, 5.41) is 8.91. The number of hydrogen-bond donors (Lipinski definition) is 0. The predicted molar refractivity (Wildman–Crippen MR) is 117 cm³/mol. The van der Waals surface area contributed by atoms with Crippen molar-refractivity contribution in [3.8, 4) is 33.6 Å². The monoisotopic (exact) mass is 390 g/mol. The molecule has 0 radical (unpaired) electrons. The molecular formula is C25H18N4O. The van der Waals surface area contributed by atoms with Gasteiger partial charge < -0.3 is 0 Å². The highest BCUT2D eigenvalue weighted by atomic mass is 16.2. The molecule has 30 heavy (non-hydrogen) atoms. The molecular weight excluding hydrogens is 372 g/mol. The van der Waals surface area contributed by atoms with Crippen LogP contribution in [0.3, 0.4) is 0 Å². The van der Waals surface area contributed by atoms with Gasteiger partial charge in [-0.05, 0) is 11.6 Å². The Kier molecular flexibility index (Phi) is 4.54. The van der Waals surface area contributed by atoms with Crippen molar-refractivity contribution in [1.29, 1.82) is 0 Å². The first-order valence-electron chi connectivity index (χ1n) is 9.66. The molecule has 0 amide bonds. The van der Waals surface area contributed by atoms with E-state index in [-0.39, 0.29) is 6.03 Å². The van der Waals surface area contributed by atoms with E-state index in [9.17, 15) is 4.79 Å². The summed E-state index contributed by atoms with van der Waals surface area (Å²) in [4.78, 5) is 13.3. The average molecular weight is 390 g/mol. The standard InChI is InChI=1S/C25H18N4O/c30-25(28-18-10-17-26-28)29-24(21-15-8-3-9-16-21)22(19-11-4-1-5-12-19)23(27-29)20-13-6-2-7-14-20/h1-18H. The topological polar surface area (TPSA) is 52.7 Å². The van der Waals surface area contributed by atoms with Crippen LogP contribution in [0.15, 0.2) is 109 Å². The summed E-state index contributed by atoms with van der Waals surface area (Å²) in [6.45, 7) is 0. The van der Waals surface area contributed by atoms with Crippen molar-refractivity contribution in [3.63, 3.8) is 0 Å². The number of rotatable bonds is 3. The second-order valence-corrected chi connectivity index (χ2v) is 6.82. The lowest BCUT2D eigenvalue weighted by atomic mass is 9.96. The second-order valence-electron chi connectivity index (χ2n) is 6.82. The Labute approximate surface area is 173 Å². The van der Waals surface area contributed by atoms with E-state index in [1.807, 2.05) is 91.0 Å². The van der Waals surface area contributed by atoms with Crippen LogP contribution in [0.2, 0.25) is 0 Å². The maximum Gasteiger partial charge on any atom is 0.369 e. The van der Waals surface area contributed by atoms with Crippen molar-refractivity contribution in [2.75, 3.05) is 0 Å². The molecule has 0 aliphatic carbocycles. The van der Waals surface area contributed by atoms with Crippen LogP contribution in [-0.2, 0) is 0 Å². The molecule has 144 valence electrons. The van der Waals surface area contributed by atoms with Crippen molar-refractivity contribution in [2.24, 2.45) is 0 Å². The van der Waals surface area contributed by atoms with Crippen LogP contribution >= 0.6 is 0 Å². The van der Waals surface area contributed by atoms with Crippen LogP contribution in [0.25, 0.3) is 33.6 Å². The van der Waals surface area contributed by atoms with Gasteiger partial charge in [0, 0.05) is 29.1 Å². The Morgan fingerprint density at radius 2 is 1.23 bits per heavy atom. The van der Waals surface area contributed by atoms with E-state index in [4.69, 9.17) is 5.10 Å². The maximum atomic E-state index is 13.3. The highest BCUT2D eigenvalue weighted by Gasteiger charge is 2.25. The minimum atomic E-state index is -0.335. The molecule has 3 aromatic carbocycles. The van der Waals surface area contributed by atoms with E-state index in [1.165, 1.54) is 9.36 Å². The maximum absolute atomic E-state index is 13.3. The molecule has 2 heterocycles. The molecule has 0 N–H and O–H groups in total. The van der Waals surface area contributed by atoms with E-state index in [1.54, 1.807) is 18.5 Å². The summed E-state index contributed by atoms with van der Waals surface area (Å²) in [7, 11) is 0. The van der Waals surface area contributed by atoms with Crippen molar-refractivity contribution in [2.45, 2.75) is 0 Å². The van der Waals surface area contributed by atoms with Crippen LogP contribution in [0, 0.1) is 0 Å². The first-order chi connectivity index (χ1) is 14.8. The molecule has 0 bridgehead atoms. The minimum Gasteiger partial charge on any atom is -0.244 e. The number of benzene rings is 3.